The molecule has 0 spiro atoms. The van der Waals surface area contributed by atoms with Crippen LogP contribution in [0, 0.1) is 0 Å². The molecule has 0 saturated heterocycles. The van der Waals surface area contributed by atoms with E-state index in [2.05, 4.69) is 20.6 Å². The SMILES string of the molecule is FC(F)(F)c1cc(Nc2c(Cl)cccc2C(F)(F)F)nc(NC2CCCC2)n1. The summed E-state index contributed by atoms with van der Waals surface area (Å²) in [6, 6.07) is 3.54. The van der Waals surface area contributed by atoms with Gasteiger partial charge in [0.1, 0.15) is 5.82 Å². The second-order valence-electron chi connectivity index (χ2n) is 6.37. The summed E-state index contributed by atoms with van der Waals surface area (Å²) in [4.78, 5) is 7.37. The van der Waals surface area contributed by atoms with Crippen LogP contribution in [0.1, 0.15) is 36.9 Å². The van der Waals surface area contributed by atoms with E-state index in [-0.39, 0.29) is 17.0 Å². The van der Waals surface area contributed by atoms with Gasteiger partial charge in [0.15, 0.2) is 5.69 Å². The molecule has 0 unspecified atom stereocenters. The second kappa shape index (κ2) is 7.65. The van der Waals surface area contributed by atoms with Gasteiger partial charge in [-0.15, -0.1) is 0 Å². The first kappa shape index (κ1) is 20.5. The van der Waals surface area contributed by atoms with E-state index in [1.54, 1.807) is 0 Å². The number of halogens is 7. The molecule has 0 atom stereocenters. The molecule has 0 bridgehead atoms. The molecule has 4 nitrogen and oxygen atoms in total. The zero-order valence-corrected chi connectivity index (χ0v) is 15.0. The van der Waals surface area contributed by atoms with Gasteiger partial charge >= 0.3 is 12.4 Å². The van der Waals surface area contributed by atoms with Gasteiger partial charge in [0, 0.05) is 12.1 Å². The Hall–Kier alpha value is -2.23. The van der Waals surface area contributed by atoms with Crippen LogP contribution in [0.4, 0.5) is 43.8 Å². The minimum atomic E-state index is -4.79. The standard InChI is InChI=1S/C17H15ClF6N4/c18-11-7-3-6-10(16(19,20)21)14(11)27-13-8-12(17(22,23)24)26-15(28-13)25-9-4-1-2-5-9/h3,6-9H,1-2,4-5H2,(H2,25,26,27,28). The maximum atomic E-state index is 13.2. The van der Waals surface area contributed by atoms with Crippen molar-refractivity contribution in [2.75, 3.05) is 10.6 Å². The molecule has 0 amide bonds. The Morgan fingerprint density at radius 2 is 1.64 bits per heavy atom. The normalized spacial score (nSPS) is 15.7. The fraction of sp³-hybridized carbons (Fsp3) is 0.412. The Labute approximate surface area is 161 Å². The summed E-state index contributed by atoms with van der Waals surface area (Å²) in [5.41, 5.74) is -2.96. The molecule has 2 aromatic rings. The van der Waals surface area contributed by atoms with E-state index in [9.17, 15) is 26.3 Å². The molecule has 28 heavy (non-hydrogen) atoms. The van der Waals surface area contributed by atoms with Gasteiger partial charge in [0.2, 0.25) is 5.95 Å². The number of nitrogens with zero attached hydrogens (tertiary/aromatic N) is 2. The Balaban J connectivity index is 2.00. The van der Waals surface area contributed by atoms with Crippen LogP contribution in [0.15, 0.2) is 24.3 Å². The van der Waals surface area contributed by atoms with Gasteiger partial charge in [-0.2, -0.15) is 31.3 Å². The highest BCUT2D eigenvalue weighted by Crippen LogP contribution is 2.40. The average molecular weight is 425 g/mol. The topological polar surface area (TPSA) is 49.8 Å². The van der Waals surface area contributed by atoms with E-state index in [4.69, 9.17) is 11.6 Å². The van der Waals surface area contributed by atoms with Crippen molar-refractivity contribution in [1.82, 2.24) is 9.97 Å². The summed E-state index contributed by atoms with van der Waals surface area (Å²) in [5.74, 6) is -0.744. The van der Waals surface area contributed by atoms with E-state index in [0.29, 0.717) is 6.07 Å². The molecule has 3 rings (SSSR count). The lowest BCUT2D eigenvalue weighted by molar-refractivity contribution is -0.141. The predicted molar refractivity (Wildman–Crippen MR) is 92.6 cm³/mol. The number of para-hydroxylation sites is 1. The van der Waals surface area contributed by atoms with Crippen LogP contribution in [-0.4, -0.2) is 16.0 Å². The van der Waals surface area contributed by atoms with Gasteiger partial charge in [0.25, 0.3) is 0 Å². The number of alkyl halides is 6. The maximum Gasteiger partial charge on any atom is 0.433 e. The third-order valence-corrected chi connectivity index (χ3v) is 4.59. The first-order chi connectivity index (χ1) is 13.0. The van der Waals surface area contributed by atoms with Crippen LogP contribution in [0.5, 0.6) is 0 Å². The zero-order chi connectivity index (χ0) is 20.5. The number of hydrogen-bond donors (Lipinski definition) is 2. The van der Waals surface area contributed by atoms with E-state index in [1.807, 2.05) is 0 Å². The van der Waals surface area contributed by atoms with Crippen molar-refractivity contribution in [1.29, 1.82) is 0 Å². The lowest BCUT2D eigenvalue weighted by atomic mass is 10.1. The largest absolute Gasteiger partial charge is 0.433 e. The molecule has 0 aliphatic heterocycles. The van der Waals surface area contributed by atoms with E-state index < -0.39 is 35.1 Å². The molecule has 1 saturated carbocycles. The zero-order valence-electron chi connectivity index (χ0n) is 14.3. The van der Waals surface area contributed by atoms with Crippen LogP contribution < -0.4 is 10.6 Å². The Bertz CT molecular complexity index is 847. The summed E-state index contributed by atoms with van der Waals surface area (Å²) in [6.07, 6.45) is -6.18. The molecule has 1 aromatic carbocycles. The highest BCUT2D eigenvalue weighted by atomic mass is 35.5. The van der Waals surface area contributed by atoms with Crippen LogP contribution >= 0.6 is 11.6 Å². The van der Waals surface area contributed by atoms with E-state index >= 15 is 0 Å². The van der Waals surface area contributed by atoms with Gasteiger partial charge in [0.05, 0.1) is 16.3 Å². The monoisotopic (exact) mass is 424 g/mol. The van der Waals surface area contributed by atoms with Gasteiger partial charge in [-0.1, -0.05) is 30.5 Å². The fourth-order valence-corrected chi connectivity index (χ4v) is 3.21. The van der Waals surface area contributed by atoms with Gasteiger partial charge in [-0.05, 0) is 25.0 Å². The minimum absolute atomic E-state index is 0.0811. The molecule has 2 N–H and O–H groups in total. The second-order valence-corrected chi connectivity index (χ2v) is 6.78. The summed E-state index contributed by atoms with van der Waals surface area (Å²) >= 11 is 5.85. The Morgan fingerprint density at radius 1 is 0.964 bits per heavy atom. The third kappa shape index (κ3) is 4.78. The first-order valence-corrected chi connectivity index (χ1v) is 8.77. The van der Waals surface area contributed by atoms with Crippen molar-refractivity contribution < 1.29 is 26.3 Å². The van der Waals surface area contributed by atoms with Crippen molar-refractivity contribution in [2.24, 2.45) is 0 Å². The van der Waals surface area contributed by atoms with Gasteiger partial charge in [-0.3, -0.25) is 0 Å². The lowest BCUT2D eigenvalue weighted by Gasteiger charge is -2.18. The average Bonchev–Trinajstić information content (AvgIpc) is 3.07. The van der Waals surface area contributed by atoms with Crippen molar-refractivity contribution in [3.63, 3.8) is 0 Å². The first-order valence-electron chi connectivity index (χ1n) is 8.39. The summed E-state index contributed by atoms with van der Waals surface area (Å²) in [6.45, 7) is 0. The molecular weight excluding hydrogens is 410 g/mol. The molecule has 1 aliphatic rings. The number of anilines is 3. The minimum Gasteiger partial charge on any atom is -0.351 e. The Morgan fingerprint density at radius 3 is 2.25 bits per heavy atom. The predicted octanol–water partition coefficient (Wildman–Crippen LogP) is 6.27. The Kier molecular flexibility index (Phi) is 5.60. The van der Waals surface area contributed by atoms with Crippen molar-refractivity contribution >= 4 is 29.1 Å². The molecule has 11 heteroatoms. The van der Waals surface area contributed by atoms with Crippen molar-refractivity contribution in [2.45, 2.75) is 44.1 Å². The third-order valence-electron chi connectivity index (χ3n) is 4.28. The number of benzene rings is 1. The number of nitrogens with one attached hydrogen (secondary N) is 2. The summed E-state index contributed by atoms with van der Waals surface area (Å²) < 4.78 is 79.3. The van der Waals surface area contributed by atoms with E-state index in [0.717, 1.165) is 37.8 Å². The summed E-state index contributed by atoms with van der Waals surface area (Å²) in [7, 11) is 0. The molecule has 1 aromatic heterocycles. The van der Waals surface area contributed by atoms with Gasteiger partial charge < -0.3 is 10.6 Å². The summed E-state index contributed by atoms with van der Waals surface area (Å²) in [5, 5.41) is 4.80. The molecule has 1 heterocycles. The van der Waals surface area contributed by atoms with Crippen LogP contribution in [-0.2, 0) is 12.4 Å². The highest BCUT2D eigenvalue weighted by Gasteiger charge is 2.36. The molecule has 152 valence electrons. The quantitative estimate of drug-likeness (QED) is 0.568. The number of rotatable bonds is 4. The molecule has 1 aliphatic carbocycles. The maximum absolute atomic E-state index is 13.2. The highest BCUT2D eigenvalue weighted by molar-refractivity contribution is 6.33. The van der Waals surface area contributed by atoms with Crippen LogP contribution in [0.3, 0.4) is 0 Å². The van der Waals surface area contributed by atoms with Crippen molar-refractivity contribution in [3.8, 4) is 0 Å². The molecular formula is C17H15ClF6N4. The van der Waals surface area contributed by atoms with Crippen LogP contribution in [0.2, 0.25) is 5.02 Å². The molecule has 0 radical (unpaired) electrons. The van der Waals surface area contributed by atoms with Crippen LogP contribution in [0.25, 0.3) is 0 Å². The lowest BCUT2D eigenvalue weighted by Crippen LogP contribution is -2.19. The number of aromatic nitrogens is 2. The smallest absolute Gasteiger partial charge is 0.351 e. The van der Waals surface area contributed by atoms with E-state index in [1.165, 1.54) is 6.07 Å². The number of hydrogen-bond acceptors (Lipinski definition) is 4. The molecule has 1 fully saturated rings. The van der Waals surface area contributed by atoms with Gasteiger partial charge in [-0.25, -0.2) is 4.98 Å². The fourth-order valence-electron chi connectivity index (χ4n) is 2.99. The van der Waals surface area contributed by atoms with Crippen molar-refractivity contribution in [3.05, 3.63) is 40.5 Å².